The Balaban J connectivity index is 1.65. The molecule has 0 saturated carbocycles. The normalized spacial score (nSPS) is 11.1. The van der Waals surface area contributed by atoms with Crippen LogP contribution in [0.3, 0.4) is 0 Å². The zero-order chi connectivity index (χ0) is 18.7. The minimum atomic E-state index is -0.218. The van der Waals surface area contributed by atoms with Gasteiger partial charge in [-0.1, -0.05) is 11.6 Å². The Morgan fingerprint density at radius 1 is 1.35 bits per heavy atom. The summed E-state index contributed by atoms with van der Waals surface area (Å²) in [6.07, 6.45) is 3.14. The zero-order valence-corrected chi connectivity index (χ0v) is 16.2. The highest BCUT2D eigenvalue weighted by molar-refractivity contribution is 9.10. The Hall–Kier alpha value is -2.29. The molecule has 0 aliphatic carbocycles. The molecule has 1 N–H and O–H groups in total. The highest BCUT2D eigenvalue weighted by Gasteiger charge is 2.10. The van der Waals surface area contributed by atoms with Crippen LogP contribution in [0.15, 0.2) is 52.0 Å². The summed E-state index contributed by atoms with van der Waals surface area (Å²) in [7, 11) is 1.78. The molecule has 26 heavy (non-hydrogen) atoms. The van der Waals surface area contributed by atoms with Crippen LogP contribution < -0.4 is 10.9 Å². The Morgan fingerprint density at radius 3 is 2.88 bits per heavy atom. The number of carbonyl (C=O) groups excluding carboxylic acids is 1. The van der Waals surface area contributed by atoms with Gasteiger partial charge in [0.2, 0.25) is 5.91 Å². The van der Waals surface area contributed by atoms with Gasteiger partial charge < -0.3 is 5.32 Å². The third-order valence-electron chi connectivity index (χ3n) is 3.52. The number of hydrogen-bond acceptors (Lipinski definition) is 5. The average Bonchev–Trinajstić information content (AvgIpc) is 2.57. The first-order valence-electron chi connectivity index (χ1n) is 7.68. The van der Waals surface area contributed by atoms with E-state index in [1.165, 1.54) is 16.7 Å². The quantitative estimate of drug-likeness (QED) is 0.665. The Morgan fingerprint density at radius 2 is 2.15 bits per heavy atom. The molecule has 0 saturated heterocycles. The molecular formula is C17H15BrClN5O2. The van der Waals surface area contributed by atoms with Gasteiger partial charge in [0.05, 0.1) is 17.3 Å². The predicted molar refractivity (Wildman–Crippen MR) is 103 cm³/mol. The molecule has 3 aromatic rings. The number of pyridine rings is 2. The lowest BCUT2D eigenvalue weighted by molar-refractivity contribution is -0.117. The highest BCUT2D eigenvalue weighted by atomic mass is 79.9. The fraction of sp³-hybridized carbons (Fsp3) is 0.176. The molecule has 0 atom stereocenters. The topological polar surface area (TPSA) is 79.6 Å². The number of rotatable bonds is 5. The summed E-state index contributed by atoms with van der Waals surface area (Å²) in [4.78, 5) is 34.6. The molecule has 3 rings (SSSR count). The summed E-state index contributed by atoms with van der Waals surface area (Å²) in [6.45, 7) is 0.495. The lowest BCUT2D eigenvalue weighted by Gasteiger charge is -2.16. The van der Waals surface area contributed by atoms with Gasteiger partial charge in [0.25, 0.3) is 5.56 Å². The number of halogens is 2. The van der Waals surface area contributed by atoms with Gasteiger partial charge in [0.1, 0.15) is 11.5 Å². The molecule has 0 aromatic carbocycles. The number of amides is 1. The minimum absolute atomic E-state index is 0.138. The van der Waals surface area contributed by atoms with Crippen molar-refractivity contribution in [3.05, 3.63) is 68.3 Å². The second-order valence-corrected chi connectivity index (χ2v) is 7.10. The smallest absolute Gasteiger partial charge is 0.258 e. The van der Waals surface area contributed by atoms with Crippen LogP contribution in [0, 0.1) is 0 Å². The molecule has 0 bridgehead atoms. The van der Waals surface area contributed by atoms with Crippen molar-refractivity contribution in [2.45, 2.75) is 6.54 Å². The molecule has 0 aliphatic heterocycles. The summed E-state index contributed by atoms with van der Waals surface area (Å²) >= 11 is 9.19. The maximum absolute atomic E-state index is 12.2. The van der Waals surface area contributed by atoms with E-state index in [-0.39, 0.29) is 18.0 Å². The van der Waals surface area contributed by atoms with Crippen molar-refractivity contribution in [3.63, 3.8) is 0 Å². The first-order valence-corrected chi connectivity index (χ1v) is 8.85. The SMILES string of the molecule is CN(CC(=O)Nc1ccc(Br)cn1)Cc1cc(=O)n2cc(Cl)ccc2n1. The van der Waals surface area contributed by atoms with Gasteiger partial charge in [0, 0.05) is 29.5 Å². The van der Waals surface area contributed by atoms with Crippen LogP contribution in [-0.2, 0) is 11.3 Å². The number of nitrogens with one attached hydrogen (secondary N) is 1. The summed E-state index contributed by atoms with van der Waals surface area (Å²) in [6, 6.07) is 8.30. The van der Waals surface area contributed by atoms with Gasteiger partial charge in [-0.15, -0.1) is 0 Å². The van der Waals surface area contributed by atoms with Crippen LogP contribution in [0.1, 0.15) is 5.69 Å². The molecule has 3 aromatic heterocycles. The molecule has 134 valence electrons. The number of likely N-dealkylation sites (N-methyl/N-ethyl adjacent to an activating group) is 1. The van der Waals surface area contributed by atoms with Gasteiger partial charge in [-0.2, -0.15) is 0 Å². The maximum Gasteiger partial charge on any atom is 0.258 e. The van der Waals surface area contributed by atoms with E-state index in [0.717, 1.165) is 4.47 Å². The molecule has 3 heterocycles. The molecule has 0 radical (unpaired) electrons. The van der Waals surface area contributed by atoms with Crippen molar-refractivity contribution in [2.75, 3.05) is 18.9 Å². The Kier molecular flexibility index (Phi) is 5.65. The molecule has 9 heteroatoms. The fourth-order valence-corrected chi connectivity index (χ4v) is 2.81. The third-order valence-corrected chi connectivity index (χ3v) is 4.21. The third kappa shape index (κ3) is 4.66. The number of nitrogens with zero attached hydrogens (tertiary/aromatic N) is 4. The van der Waals surface area contributed by atoms with Crippen molar-refractivity contribution in [1.82, 2.24) is 19.3 Å². The molecular weight excluding hydrogens is 422 g/mol. The number of hydrogen-bond donors (Lipinski definition) is 1. The van der Waals surface area contributed by atoms with Gasteiger partial charge in [-0.05, 0) is 47.2 Å². The molecule has 7 nitrogen and oxygen atoms in total. The number of anilines is 1. The molecule has 0 unspecified atom stereocenters. The first kappa shape index (κ1) is 18.5. The highest BCUT2D eigenvalue weighted by Crippen LogP contribution is 2.11. The van der Waals surface area contributed by atoms with Crippen LogP contribution >= 0.6 is 27.5 Å². The van der Waals surface area contributed by atoms with Crippen LogP contribution in [0.5, 0.6) is 0 Å². The number of fused-ring (bicyclic) bond motifs is 1. The fourth-order valence-electron chi connectivity index (χ4n) is 2.42. The van der Waals surface area contributed by atoms with Gasteiger partial charge in [-0.3, -0.25) is 18.9 Å². The second-order valence-electron chi connectivity index (χ2n) is 5.74. The second kappa shape index (κ2) is 7.94. The van der Waals surface area contributed by atoms with Gasteiger partial charge >= 0.3 is 0 Å². The van der Waals surface area contributed by atoms with E-state index >= 15 is 0 Å². The van der Waals surface area contributed by atoms with E-state index in [4.69, 9.17) is 11.6 Å². The Bertz CT molecular complexity index is 1010. The van der Waals surface area contributed by atoms with E-state index in [1.807, 2.05) is 0 Å². The number of carbonyl (C=O) groups is 1. The van der Waals surface area contributed by atoms with Crippen molar-refractivity contribution in [1.29, 1.82) is 0 Å². The average molecular weight is 437 g/mol. The summed E-state index contributed by atoms with van der Waals surface area (Å²) in [5.74, 6) is 0.275. The summed E-state index contributed by atoms with van der Waals surface area (Å²) in [5.41, 5.74) is 0.868. The van der Waals surface area contributed by atoms with Crippen LogP contribution in [-0.4, -0.2) is 38.8 Å². The van der Waals surface area contributed by atoms with E-state index in [9.17, 15) is 9.59 Å². The number of aromatic nitrogens is 3. The standard InChI is InChI=1S/C17H15BrClN5O2/c1-23(10-16(25)22-14-4-2-11(18)7-20-14)9-13-6-17(26)24-8-12(19)3-5-15(24)21-13/h2-8H,9-10H2,1H3,(H,20,22,25). The van der Waals surface area contributed by atoms with E-state index < -0.39 is 0 Å². The van der Waals surface area contributed by atoms with Gasteiger partial charge in [-0.25, -0.2) is 9.97 Å². The lowest BCUT2D eigenvalue weighted by atomic mass is 10.3. The summed E-state index contributed by atoms with van der Waals surface area (Å²) < 4.78 is 2.22. The van der Waals surface area contributed by atoms with E-state index in [2.05, 4.69) is 31.2 Å². The lowest BCUT2D eigenvalue weighted by Crippen LogP contribution is -2.31. The molecule has 0 aliphatic rings. The monoisotopic (exact) mass is 435 g/mol. The molecule has 0 fully saturated rings. The predicted octanol–water partition coefficient (Wildman–Crippen LogP) is 2.58. The largest absolute Gasteiger partial charge is 0.310 e. The molecule has 1 amide bonds. The minimum Gasteiger partial charge on any atom is -0.310 e. The van der Waals surface area contributed by atoms with E-state index in [0.29, 0.717) is 28.7 Å². The van der Waals surface area contributed by atoms with Crippen molar-refractivity contribution in [2.24, 2.45) is 0 Å². The zero-order valence-electron chi connectivity index (χ0n) is 13.8. The maximum atomic E-state index is 12.2. The Labute approximate surface area is 162 Å². The van der Waals surface area contributed by atoms with Crippen molar-refractivity contribution < 1.29 is 4.79 Å². The first-order chi connectivity index (χ1) is 12.4. The van der Waals surface area contributed by atoms with Crippen molar-refractivity contribution >= 4 is 44.9 Å². The van der Waals surface area contributed by atoms with Gasteiger partial charge in [0.15, 0.2) is 0 Å². The van der Waals surface area contributed by atoms with Crippen LogP contribution in [0.25, 0.3) is 5.65 Å². The summed E-state index contributed by atoms with van der Waals surface area (Å²) in [5, 5.41) is 3.18. The van der Waals surface area contributed by atoms with Crippen LogP contribution in [0.2, 0.25) is 5.02 Å². The molecule has 0 spiro atoms. The van der Waals surface area contributed by atoms with E-state index in [1.54, 1.807) is 42.4 Å². The van der Waals surface area contributed by atoms with Crippen molar-refractivity contribution in [3.8, 4) is 0 Å². The van der Waals surface area contributed by atoms with Crippen LogP contribution in [0.4, 0.5) is 5.82 Å².